The normalized spacial score (nSPS) is 19.9. The summed E-state index contributed by atoms with van der Waals surface area (Å²) in [4.78, 5) is 29.7. The van der Waals surface area contributed by atoms with E-state index in [4.69, 9.17) is 4.74 Å². The Hall–Kier alpha value is -4.10. The number of carbonyl (C=O) groups excluding carboxylic acids is 2. The summed E-state index contributed by atoms with van der Waals surface area (Å²) in [5.41, 5.74) is 4.26. The van der Waals surface area contributed by atoms with Crippen LogP contribution < -0.4 is 10.1 Å². The highest BCUT2D eigenvalue weighted by atomic mass is 16.5. The number of para-hydroxylation sites is 1. The number of hydrogen-bond acceptors (Lipinski definition) is 4. The molecular formula is C26H19N3O4. The van der Waals surface area contributed by atoms with Crippen molar-refractivity contribution in [2.75, 3.05) is 7.11 Å². The molecule has 0 saturated heterocycles. The first-order chi connectivity index (χ1) is 16.1. The molecule has 0 bridgehead atoms. The van der Waals surface area contributed by atoms with E-state index in [0.717, 1.165) is 43.6 Å². The molecule has 2 aliphatic rings. The maximum Gasteiger partial charge on any atom is 0.259 e. The molecule has 0 spiro atoms. The van der Waals surface area contributed by atoms with Crippen molar-refractivity contribution >= 4 is 55.4 Å². The van der Waals surface area contributed by atoms with Gasteiger partial charge in [0.25, 0.3) is 11.8 Å². The number of allylic oxidation sites excluding steroid dienone is 1. The highest BCUT2D eigenvalue weighted by Gasteiger charge is 2.36. The number of aliphatic hydroxyl groups is 1. The van der Waals surface area contributed by atoms with Crippen LogP contribution >= 0.6 is 0 Å². The third-order valence-corrected chi connectivity index (χ3v) is 6.95. The monoisotopic (exact) mass is 437 g/mol. The summed E-state index contributed by atoms with van der Waals surface area (Å²) in [7, 11) is 1.60. The van der Waals surface area contributed by atoms with Crippen LogP contribution in [0.1, 0.15) is 33.2 Å². The summed E-state index contributed by atoms with van der Waals surface area (Å²) < 4.78 is 7.66. The number of amides is 2. The minimum Gasteiger partial charge on any atom is -0.497 e. The fraction of sp³-hybridized carbons (Fsp3) is 0.154. The quantitative estimate of drug-likeness (QED) is 0.285. The van der Waals surface area contributed by atoms with Gasteiger partial charge in [-0.3, -0.25) is 14.9 Å². The van der Waals surface area contributed by atoms with Gasteiger partial charge in [-0.2, -0.15) is 0 Å². The van der Waals surface area contributed by atoms with Gasteiger partial charge in [0.05, 0.1) is 46.9 Å². The average Bonchev–Trinajstić information content (AvgIpc) is 3.55. The van der Waals surface area contributed by atoms with Crippen LogP contribution in [-0.2, 0) is 0 Å². The van der Waals surface area contributed by atoms with Crippen LogP contribution in [0.4, 0.5) is 0 Å². The number of benzene rings is 3. The molecule has 3 aromatic carbocycles. The van der Waals surface area contributed by atoms with Crippen LogP contribution in [-0.4, -0.2) is 39.7 Å². The summed E-state index contributed by atoms with van der Waals surface area (Å²) >= 11 is 0. The molecular weight excluding hydrogens is 418 g/mol. The molecule has 5 aromatic rings. The number of fused-ring (bicyclic) bond motifs is 10. The van der Waals surface area contributed by atoms with Gasteiger partial charge in [0.15, 0.2) is 0 Å². The highest BCUT2D eigenvalue weighted by Crippen LogP contribution is 2.46. The van der Waals surface area contributed by atoms with Crippen molar-refractivity contribution in [1.82, 2.24) is 14.9 Å². The van der Waals surface area contributed by atoms with Crippen molar-refractivity contribution < 1.29 is 19.4 Å². The van der Waals surface area contributed by atoms with Gasteiger partial charge in [0.1, 0.15) is 5.75 Å². The van der Waals surface area contributed by atoms with Crippen LogP contribution in [0.25, 0.3) is 43.6 Å². The number of carbonyl (C=O) groups is 2. The highest BCUT2D eigenvalue weighted by molar-refractivity contribution is 6.39. The number of aromatic amines is 1. The summed E-state index contributed by atoms with van der Waals surface area (Å²) in [6.07, 6.45) is 3.81. The van der Waals surface area contributed by atoms with Gasteiger partial charge in [-0.1, -0.05) is 30.4 Å². The van der Waals surface area contributed by atoms with Crippen LogP contribution in [0, 0.1) is 0 Å². The lowest BCUT2D eigenvalue weighted by Gasteiger charge is -2.16. The van der Waals surface area contributed by atoms with E-state index in [1.165, 1.54) is 0 Å². The second kappa shape index (κ2) is 6.24. The van der Waals surface area contributed by atoms with Gasteiger partial charge in [0.2, 0.25) is 0 Å². The molecule has 7 heteroatoms. The lowest BCUT2D eigenvalue weighted by atomic mass is 9.96. The fourth-order valence-corrected chi connectivity index (χ4v) is 5.63. The zero-order valence-corrected chi connectivity index (χ0v) is 17.7. The summed E-state index contributed by atoms with van der Waals surface area (Å²) in [6, 6.07) is 13.5. The number of aromatic nitrogens is 2. The van der Waals surface area contributed by atoms with Crippen molar-refractivity contribution in [3.63, 3.8) is 0 Å². The summed E-state index contributed by atoms with van der Waals surface area (Å²) in [5, 5.41) is 16.0. The fourth-order valence-electron chi connectivity index (χ4n) is 5.63. The minimum absolute atomic E-state index is 0.0961. The first kappa shape index (κ1) is 18.5. The molecule has 0 radical (unpaired) electrons. The molecule has 3 heterocycles. The predicted octanol–water partition coefficient (Wildman–Crippen LogP) is 4.18. The predicted molar refractivity (Wildman–Crippen MR) is 126 cm³/mol. The van der Waals surface area contributed by atoms with Crippen LogP contribution in [0.5, 0.6) is 5.75 Å². The third kappa shape index (κ3) is 2.27. The molecule has 2 aromatic heterocycles. The molecule has 1 aliphatic carbocycles. The van der Waals surface area contributed by atoms with Gasteiger partial charge in [0, 0.05) is 33.5 Å². The molecule has 162 valence electrons. The van der Waals surface area contributed by atoms with Crippen molar-refractivity contribution in [2.45, 2.75) is 18.6 Å². The van der Waals surface area contributed by atoms with E-state index in [-0.39, 0.29) is 11.9 Å². The zero-order chi connectivity index (χ0) is 22.4. The van der Waals surface area contributed by atoms with Crippen LogP contribution in [0.15, 0.2) is 54.6 Å². The van der Waals surface area contributed by atoms with Gasteiger partial charge in [-0.15, -0.1) is 0 Å². The van der Waals surface area contributed by atoms with Crippen molar-refractivity contribution in [3.05, 3.63) is 65.7 Å². The molecule has 0 fully saturated rings. The molecule has 0 saturated carbocycles. The maximum atomic E-state index is 13.1. The molecule has 3 N–H and O–H groups in total. The van der Waals surface area contributed by atoms with Gasteiger partial charge < -0.3 is 19.4 Å². The number of nitrogens with zero attached hydrogens (tertiary/aromatic N) is 1. The molecule has 2 amide bonds. The van der Waals surface area contributed by atoms with Crippen LogP contribution in [0.3, 0.4) is 0 Å². The smallest absolute Gasteiger partial charge is 0.259 e. The molecule has 2 atom stereocenters. The van der Waals surface area contributed by atoms with E-state index in [2.05, 4.69) is 14.9 Å². The van der Waals surface area contributed by atoms with E-state index in [9.17, 15) is 14.7 Å². The SMILES string of the molecule is COc1ccc2c(c1)c1c3c(c4c5ccccc5[nH]c4c1n2C1C=C[C@@H](O)C1)C(=O)NC3=O. The van der Waals surface area contributed by atoms with E-state index < -0.39 is 12.0 Å². The van der Waals surface area contributed by atoms with E-state index in [1.54, 1.807) is 13.2 Å². The summed E-state index contributed by atoms with van der Waals surface area (Å²) in [6.45, 7) is 0. The Morgan fingerprint density at radius 1 is 1.00 bits per heavy atom. The standard InChI is InChI=1S/C26H19N3O4/c1-33-14-8-9-18-16(11-14)20-22-21(25(31)28-26(22)32)19-15-4-2-3-5-17(15)27-23(19)24(20)29(18)12-6-7-13(30)10-12/h2-9,11-13,27,30H,10H2,1H3,(H,28,31,32)/t12?,13-/m1/s1. The van der Waals surface area contributed by atoms with Crippen LogP contribution in [0.2, 0.25) is 0 Å². The second-order valence-electron chi connectivity index (χ2n) is 8.69. The Labute approximate surface area is 187 Å². The first-order valence-electron chi connectivity index (χ1n) is 10.9. The number of H-pyrrole nitrogens is 1. The lowest BCUT2D eigenvalue weighted by Crippen LogP contribution is -2.20. The number of methoxy groups -OCH3 is 1. The number of aliphatic hydroxyl groups excluding tert-OH is 1. The molecule has 33 heavy (non-hydrogen) atoms. The Morgan fingerprint density at radius 3 is 2.55 bits per heavy atom. The number of rotatable bonds is 2. The largest absolute Gasteiger partial charge is 0.497 e. The lowest BCUT2D eigenvalue weighted by molar-refractivity contribution is 0.0880. The Balaban J connectivity index is 1.80. The topological polar surface area (TPSA) is 96.3 Å². The third-order valence-electron chi connectivity index (χ3n) is 6.95. The van der Waals surface area contributed by atoms with E-state index in [1.807, 2.05) is 48.5 Å². The average molecular weight is 437 g/mol. The number of imide groups is 1. The minimum atomic E-state index is -0.529. The Morgan fingerprint density at radius 2 is 1.79 bits per heavy atom. The Kier molecular flexibility index (Phi) is 3.49. The number of hydrogen-bond donors (Lipinski definition) is 3. The number of ether oxygens (including phenoxy) is 1. The summed E-state index contributed by atoms with van der Waals surface area (Å²) in [5.74, 6) is -0.110. The van der Waals surface area contributed by atoms with Crippen molar-refractivity contribution in [2.24, 2.45) is 0 Å². The molecule has 7 rings (SSSR count). The van der Waals surface area contributed by atoms with E-state index in [0.29, 0.717) is 23.3 Å². The molecule has 1 unspecified atom stereocenters. The first-order valence-corrected chi connectivity index (χ1v) is 10.9. The van der Waals surface area contributed by atoms with Gasteiger partial charge in [-0.25, -0.2) is 0 Å². The second-order valence-corrected chi connectivity index (χ2v) is 8.69. The van der Waals surface area contributed by atoms with Gasteiger partial charge >= 0.3 is 0 Å². The van der Waals surface area contributed by atoms with Gasteiger partial charge in [-0.05, 0) is 24.3 Å². The van der Waals surface area contributed by atoms with E-state index >= 15 is 0 Å². The molecule has 7 nitrogen and oxygen atoms in total. The van der Waals surface area contributed by atoms with Crippen molar-refractivity contribution in [3.8, 4) is 5.75 Å². The molecule has 1 aliphatic heterocycles. The zero-order valence-electron chi connectivity index (χ0n) is 17.7. The number of nitrogens with one attached hydrogen (secondary N) is 2. The Bertz CT molecular complexity index is 1720. The van der Waals surface area contributed by atoms with Crippen molar-refractivity contribution in [1.29, 1.82) is 0 Å². The maximum absolute atomic E-state index is 13.1.